The molecule has 1 aliphatic heterocycles. The summed E-state index contributed by atoms with van der Waals surface area (Å²) in [6.07, 6.45) is 4.09. The summed E-state index contributed by atoms with van der Waals surface area (Å²) in [6, 6.07) is 3.12. The van der Waals surface area contributed by atoms with Crippen molar-refractivity contribution in [2.24, 2.45) is 7.05 Å². The van der Waals surface area contributed by atoms with Gasteiger partial charge in [0.25, 0.3) is 5.91 Å². The van der Waals surface area contributed by atoms with Gasteiger partial charge in [-0.05, 0) is 34.5 Å². The lowest BCUT2D eigenvalue weighted by molar-refractivity contribution is 0.0760. The van der Waals surface area contributed by atoms with E-state index in [9.17, 15) is 9.18 Å². The van der Waals surface area contributed by atoms with E-state index in [1.807, 2.05) is 4.90 Å². The molecule has 1 saturated heterocycles. The second kappa shape index (κ2) is 6.66. The lowest BCUT2D eigenvalue weighted by Crippen LogP contribution is -2.35. The van der Waals surface area contributed by atoms with Crippen LogP contribution in [0.3, 0.4) is 0 Å². The first-order valence-corrected chi connectivity index (χ1v) is 8.19. The molecule has 1 fully saturated rings. The van der Waals surface area contributed by atoms with Crippen LogP contribution in [-0.4, -0.2) is 51.8 Å². The first kappa shape index (κ1) is 15.9. The van der Waals surface area contributed by atoms with Crippen LogP contribution >= 0.6 is 15.9 Å². The molecule has 0 atom stereocenters. The van der Waals surface area contributed by atoms with Gasteiger partial charge in [0.15, 0.2) is 11.6 Å². The fraction of sp³-hybridized carbons (Fsp3) is 0.400. The maximum Gasteiger partial charge on any atom is 0.274 e. The van der Waals surface area contributed by atoms with Gasteiger partial charge in [0, 0.05) is 50.1 Å². The number of hydrogen-bond donors (Lipinski definition) is 0. The number of pyridine rings is 1. The van der Waals surface area contributed by atoms with Crippen LogP contribution in [0.15, 0.2) is 29.0 Å². The number of aryl methyl sites for hydroxylation is 1. The monoisotopic (exact) mass is 381 g/mol. The summed E-state index contributed by atoms with van der Waals surface area (Å²) in [5.74, 6) is -0.110. The first-order valence-electron chi connectivity index (χ1n) is 7.39. The zero-order chi connectivity index (χ0) is 16.4. The van der Waals surface area contributed by atoms with Gasteiger partial charge in [-0.3, -0.25) is 9.48 Å². The quantitative estimate of drug-likeness (QED) is 0.798. The van der Waals surface area contributed by atoms with Crippen LogP contribution in [0.1, 0.15) is 16.9 Å². The van der Waals surface area contributed by atoms with Crippen molar-refractivity contribution >= 4 is 27.7 Å². The van der Waals surface area contributed by atoms with Crippen LogP contribution in [0.25, 0.3) is 0 Å². The standard InChI is InChI=1S/C15H17BrFN5O/c1-20-6-3-13(19-20)15(23)22-5-2-4-21(7-8-22)14-12(17)9-11(16)10-18-14/h3,6,9-10H,2,4-5,7-8H2,1H3. The predicted octanol–water partition coefficient (Wildman–Crippen LogP) is 2.07. The van der Waals surface area contributed by atoms with Crippen LogP contribution in [0.5, 0.6) is 0 Å². The minimum Gasteiger partial charge on any atom is -0.352 e. The molecular formula is C15H17BrFN5O. The molecule has 0 bridgehead atoms. The molecular weight excluding hydrogens is 365 g/mol. The zero-order valence-electron chi connectivity index (χ0n) is 12.7. The summed E-state index contributed by atoms with van der Waals surface area (Å²) in [4.78, 5) is 20.3. The molecule has 2 aromatic heterocycles. The molecule has 8 heteroatoms. The molecule has 1 aliphatic rings. The number of amides is 1. The number of anilines is 1. The minimum atomic E-state index is -0.358. The Morgan fingerprint density at radius 3 is 2.83 bits per heavy atom. The summed E-state index contributed by atoms with van der Waals surface area (Å²) < 4.78 is 16.3. The molecule has 0 N–H and O–H groups in total. The second-order valence-electron chi connectivity index (χ2n) is 5.47. The van der Waals surface area contributed by atoms with Gasteiger partial charge in [0.05, 0.1) is 0 Å². The van der Waals surface area contributed by atoms with Gasteiger partial charge in [0.1, 0.15) is 5.69 Å². The summed E-state index contributed by atoms with van der Waals surface area (Å²) in [6.45, 7) is 2.36. The van der Waals surface area contributed by atoms with Crippen molar-refractivity contribution in [1.29, 1.82) is 0 Å². The highest BCUT2D eigenvalue weighted by Crippen LogP contribution is 2.21. The normalized spacial score (nSPS) is 15.6. The van der Waals surface area contributed by atoms with Gasteiger partial charge in [-0.25, -0.2) is 9.37 Å². The Balaban J connectivity index is 1.70. The smallest absolute Gasteiger partial charge is 0.274 e. The lowest BCUT2D eigenvalue weighted by Gasteiger charge is -2.22. The summed E-state index contributed by atoms with van der Waals surface area (Å²) in [5.41, 5.74) is 0.439. The van der Waals surface area contributed by atoms with E-state index in [0.29, 0.717) is 42.2 Å². The molecule has 3 heterocycles. The molecule has 0 spiro atoms. The van der Waals surface area contributed by atoms with Gasteiger partial charge in [0.2, 0.25) is 0 Å². The number of nitrogens with zero attached hydrogens (tertiary/aromatic N) is 5. The number of carbonyl (C=O) groups excluding carboxylic acids is 1. The fourth-order valence-corrected chi connectivity index (χ4v) is 2.97. The Kier molecular flexibility index (Phi) is 4.61. The van der Waals surface area contributed by atoms with E-state index < -0.39 is 0 Å². The number of halogens is 2. The van der Waals surface area contributed by atoms with E-state index in [1.54, 1.807) is 35.1 Å². The van der Waals surface area contributed by atoms with Crippen molar-refractivity contribution in [1.82, 2.24) is 19.7 Å². The average molecular weight is 382 g/mol. The Morgan fingerprint density at radius 1 is 1.30 bits per heavy atom. The number of rotatable bonds is 2. The summed E-state index contributed by atoms with van der Waals surface area (Å²) >= 11 is 3.21. The van der Waals surface area contributed by atoms with E-state index >= 15 is 0 Å². The second-order valence-corrected chi connectivity index (χ2v) is 6.38. The highest BCUT2D eigenvalue weighted by molar-refractivity contribution is 9.10. The topological polar surface area (TPSA) is 54.3 Å². The molecule has 0 unspecified atom stereocenters. The summed E-state index contributed by atoms with van der Waals surface area (Å²) in [5, 5.41) is 4.15. The molecule has 1 amide bonds. The third-order valence-electron chi connectivity index (χ3n) is 3.80. The molecule has 0 aromatic carbocycles. The largest absolute Gasteiger partial charge is 0.352 e. The molecule has 2 aromatic rings. The number of aromatic nitrogens is 3. The lowest BCUT2D eigenvalue weighted by atomic mass is 10.3. The molecule has 3 rings (SSSR count). The fourth-order valence-electron chi connectivity index (χ4n) is 2.66. The summed E-state index contributed by atoms with van der Waals surface area (Å²) in [7, 11) is 1.78. The highest BCUT2D eigenvalue weighted by atomic mass is 79.9. The number of hydrogen-bond acceptors (Lipinski definition) is 4. The molecule has 6 nitrogen and oxygen atoms in total. The molecule has 23 heavy (non-hydrogen) atoms. The van der Waals surface area contributed by atoms with E-state index in [0.717, 1.165) is 6.42 Å². The third kappa shape index (κ3) is 3.52. The van der Waals surface area contributed by atoms with E-state index in [2.05, 4.69) is 26.0 Å². The zero-order valence-corrected chi connectivity index (χ0v) is 14.3. The van der Waals surface area contributed by atoms with Crippen molar-refractivity contribution in [3.8, 4) is 0 Å². The maximum absolute atomic E-state index is 14.1. The van der Waals surface area contributed by atoms with Crippen molar-refractivity contribution in [2.75, 3.05) is 31.1 Å². The van der Waals surface area contributed by atoms with Crippen molar-refractivity contribution in [3.63, 3.8) is 0 Å². The Bertz CT molecular complexity index is 720. The minimum absolute atomic E-state index is 0.0864. The van der Waals surface area contributed by atoms with Crippen LogP contribution in [0.4, 0.5) is 10.2 Å². The van der Waals surface area contributed by atoms with Gasteiger partial charge < -0.3 is 9.80 Å². The van der Waals surface area contributed by atoms with Gasteiger partial charge in [-0.1, -0.05) is 0 Å². The molecule has 0 saturated carbocycles. The Hall–Kier alpha value is -1.96. The predicted molar refractivity (Wildman–Crippen MR) is 87.8 cm³/mol. The Labute approximate surface area is 142 Å². The van der Waals surface area contributed by atoms with Gasteiger partial charge in [-0.15, -0.1) is 0 Å². The van der Waals surface area contributed by atoms with Crippen molar-refractivity contribution in [3.05, 3.63) is 40.5 Å². The average Bonchev–Trinajstić information content (AvgIpc) is 2.81. The van der Waals surface area contributed by atoms with Gasteiger partial charge >= 0.3 is 0 Å². The Morgan fingerprint density at radius 2 is 2.13 bits per heavy atom. The van der Waals surface area contributed by atoms with Crippen LogP contribution in [-0.2, 0) is 7.05 Å². The highest BCUT2D eigenvalue weighted by Gasteiger charge is 2.23. The molecule has 0 aliphatic carbocycles. The van der Waals surface area contributed by atoms with Gasteiger partial charge in [-0.2, -0.15) is 5.10 Å². The van der Waals surface area contributed by atoms with Crippen LogP contribution in [0.2, 0.25) is 0 Å². The van der Waals surface area contributed by atoms with Crippen LogP contribution in [0, 0.1) is 5.82 Å². The first-order chi connectivity index (χ1) is 11.0. The molecule has 122 valence electrons. The third-order valence-corrected chi connectivity index (χ3v) is 4.24. The molecule has 0 radical (unpaired) electrons. The SMILES string of the molecule is Cn1ccc(C(=O)N2CCCN(c3ncc(Br)cc3F)CC2)n1. The van der Waals surface area contributed by atoms with E-state index in [1.165, 1.54) is 6.07 Å². The maximum atomic E-state index is 14.1. The van der Waals surface area contributed by atoms with Crippen molar-refractivity contribution in [2.45, 2.75) is 6.42 Å². The number of carbonyl (C=O) groups is 1. The van der Waals surface area contributed by atoms with E-state index in [4.69, 9.17) is 0 Å². The van der Waals surface area contributed by atoms with Crippen molar-refractivity contribution < 1.29 is 9.18 Å². The van der Waals surface area contributed by atoms with Crippen LogP contribution < -0.4 is 4.90 Å². The van der Waals surface area contributed by atoms with E-state index in [-0.39, 0.29) is 11.7 Å².